The molecule has 0 unspecified atom stereocenters. The molecule has 0 atom stereocenters. The number of hydrogen-bond acceptors (Lipinski definition) is 2. The van der Waals surface area contributed by atoms with Gasteiger partial charge in [0.1, 0.15) is 0 Å². The number of anilines is 1. The van der Waals surface area contributed by atoms with E-state index in [9.17, 15) is 0 Å². The summed E-state index contributed by atoms with van der Waals surface area (Å²) in [5.41, 5.74) is 10.7. The summed E-state index contributed by atoms with van der Waals surface area (Å²) in [5.74, 6) is 1.45. The molecule has 0 bridgehead atoms. The third-order valence-corrected chi connectivity index (χ3v) is 3.47. The maximum Gasteiger partial charge on any atom is 0.153 e. The fourth-order valence-corrected chi connectivity index (χ4v) is 2.31. The molecule has 1 aliphatic rings. The van der Waals surface area contributed by atoms with Crippen molar-refractivity contribution < 1.29 is 0 Å². The lowest BCUT2D eigenvalue weighted by molar-refractivity contribution is 0.798. The fraction of sp³-hybridized carbons (Fsp3) is 0.357. The predicted octanol–water partition coefficient (Wildman–Crippen LogP) is 2.92. The van der Waals surface area contributed by atoms with Crippen molar-refractivity contribution in [2.24, 2.45) is 5.92 Å². The third kappa shape index (κ3) is 1.93. The summed E-state index contributed by atoms with van der Waals surface area (Å²) in [6.07, 6.45) is 3.76. The van der Waals surface area contributed by atoms with Gasteiger partial charge in [-0.25, -0.2) is 0 Å². The molecule has 0 saturated heterocycles. The van der Waals surface area contributed by atoms with Gasteiger partial charge in [-0.15, -0.1) is 0 Å². The predicted molar refractivity (Wildman–Crippen MR) is 69.6 cm³/mol. The first kappa shape index (κ1) is 10.4. The van der Waals surface area contributed by atoms with E-state index in [0.717, 1.165) is 17.9 Å². The number of nitrogens with one attached hydrogen (secondary N) is 1. The minimum atomic E-state index is 0.620. The number of hydrogen-bond donors (Lipinski definition) is 2. The first-order valence-electron chi connectivity index (χ1n) is 6.14. The van der Waals surface area contributed by atoms with Gasteiger partial charge in [-0.1, -0.05) is 24.3 Å². The number of nitrogens with zero attached hydrogens (tertiary/aromatic N) is 1. The molecule has 88 valence electrons. The number of nitrogens with two attached hydrogens (primary N) is 1. The maximum absolute atomic E-state index is 6.00. The third-order valence-electron chi connectivity index (χ3n) is 3.47. The molecule has 1 fully saturated rings. The SMILES string of the molecule is Cc1ccccc1-c1c(N)n[nH]c1CC1CC1. The standard InChI is InChI=1S/C14H17N3/c1-9-4-2-3-5-11(9)13-12(8-10-6-7-10)16-17-14(13)15/h2-5,10H,6-8H2,1H3,(H3,15,16,17). The van der Waals surface area contributed by atoms with Crippen LogP contribution in [0, 0.1) is 12.8 Å². The summed E-state index contributed by atoms with van der Waals surface area (Å²) in [5, 5.41) is 7.26. The van der Waals surface area contributed by atoms with E-state index in [1.807, 2.05) is 0 Å². The van der Waals surface area contributed by atoms with Crippen molar-refractivity contribution in [1.82, 2.24) is 10.2 Å². The van der Waals surface area contributed by atoms with Crippen LogP contribution in [0.1, 0.15) is 24.1 Å². The molecule has 1 aliphatic carbocycles. The summed E-state index contributed by atoms with van der Waals surface area (Å²) < 4.78 is 0. The number of aromatic nitrogens is 2. The molecule has 1 aromatic carbocycles. The summed E-state index contributed by atoms with van der Waals surface area (Å²) >= 11 is 0. The van der Waals surface area contributed by atoms with E-state index in [2.05, 4.69) is 41.4 Å². The molecule has 3 nitrogen and oxygen atoms in total. The van der Waals surface area contributed by atoms with Crippen LogP contribution in [0.25, 0.3) is 11.1 Å². The highest BCUT2D eigenvalue weighted by Crippen LogP contribution is 2.37. The van der Waals surface area contributed by atoms with Crippen molar-refractivity contribution in [3.05, 3.63) is 35.5 Å². The van der Waals surface area contributed by atoms with E-state index >= 15 is 0 Å². The highest BCUT2D eigenvalue weighted by atomic mass is 15.2. The van der Waals surface area contributed by atoms with Crippen molar-refractivity contribution in [2.75, 3.05) is 5.73 Å². The van der Waals surface area contributed by atoms with Crippen LogP contribution in [0.15, 0.2) is 24.3 Å². The number of rotatable bonds is 3. The second kappa shape index (κ2) is 3.91. The molecular weight excluding hydrogens is 210 g/mol. The number of nitrogen functional groups attached to an aromatic ring is 1. The zero-order chi connectivity index (χ0) is 11.8. The van der Waals surface area contributed by atoms with Crippen molar-refractivity contribution in [3.8, 4) is 11.1 Å². The van der Waals surface area contributed by atoms with E-state index < -0.39 is 0 Å². The Morgan fingerprint density at radius 2 is 2.12 bits per heavy atom. The van der Waals surface area contributed by atoms with E-state index in [0.29, 0.717) is 5.82 Å². The Morgan fingerprint density at radius 3 is 2.82 bits per heavy atom. The zero-order valence-electron chi connectivity index (χ0n) is 10.0. The number of benzene rings is 1. The van der Waals surface area contributed by atoms with Gasteiger partial charge in [-0.2, -0.15) is 5.10 Å². The van der Waals surface area contributed by atoms with Gasteiger partial charge in [0.05, 0.1) is 0 Å². The molecule has 1 saturated carbocycles. The Bertz CT molecular complexity index is 538. The number of aryl methyl sites for hydroxylation is 1. The molecule has 0 aliphatic heterocycles. The lowest BCUT2D eigenvalue weighted by Gasteiger charge is -2.07. The molecule has 2 aromatic rings. The van der Waals surface area contributed by atoms with Gasteiger partial charge in [0.25, 0.3) is 0 Å². The molecule has 17 heavy (non-hydrogen) atoms. The minimum Gasteiger partial charge on any atom is -0.382 e. The maximum atomic E-state index is 6.00. The van der Waals surface area contributed by atoms with E-state index in [4.69, 9.17) is 5.73 Å². The van der Waals surface area contributed by atoms with Gasteiger partial charge in [0.15, 0.2) is 5.82 Å². The van der Waals surface area contributed by atoms with Crippen LogP contribution in [-0.4, -0.2) is 10.2 Å². The second-order valence-corrected chi connectivity index (χ2v) is 4.92. The quantitative estimate of drug-likeness (QED) is 0.847. The number of H-pyrrole nitrogens is 1. The smallest absolute Gasteiger partial charge is 0.153 e. The van der Waals surface area contributed by atoms with Crippen molar-refractivity contribution in [3.63, 3.8) is 0 Å². The van der Waals surface area contributed by atoms with E-state index in [1.165, 1.54) is 29.7 Å². The summed E-state index contributed by atoms with van der Waals surface area (Å²) in [6.45, 7) is 2.11. The largest absolute Gasteiger partial charge is 0.382 e. The van der Waals surface area contributed by atoms with Crippen LogP contribution in [0.3, 0.4) is 0 Å². The summed E-state index contributed by atoms with van der Waals surface area (Å²) in [6, 6.07) is 8.33. The highest BCUT2D eigenvalue weighted by molar-refractivity contribution is 5.78. The van der Waals surface area contributed by atoms with Crippen LogP contribution < -0.4 is 5.73 Å². The van der Waals surface area contributed by atoms with Crippen molar-refractivity contribution in [2.45, 2.75) is 26.2 Å². The average molecular weight is 227 g/mol. The van der Waals surface area contributed by atoms with Gasteiger partial charge in [0, 0.05) is 11.3 Å². The Morgan fingerprint density at radius 1 is 1.35 bits per heavy atom. The molecule has 3 rings (SSSR count). The second-order valence-electron chi connectivity index (χ2n) is 4.92. The lowest BCUT2D eigenvalue weighted by Crippen LogP contribution is -1.94. The first-order valence-corrected chi connectivity index (χ1v) is 6.14. The summed E-state index contributed by atoms with van der Waals surface area (Å²) in [7, 11) is 0. The molecule has 3 heteroatoms. The Balaban J connectivity index is 2.06. The molecule has 3 N–H and O–H groups in total. The highest BCUT2D eigenvalue weighted by Gasteiger charge is 2.25. The monoisotopic (exact) mass is 227 g/mol. The van der Waals surface area contributed by atoms with Crippen molar-refractivity contribution >= 4 is 5.82 Å². The molecular formula is C14H17N3. The Labute approximate surface area is 101 Å². The van der Waals surface area contributed by atoms with Crippen LogP contribution in [0.2, 0.25) is 0 Å². The van der Waals surface area contributed by atoms with Gasteiger partial charge in [-0.3, -0.25) is 5.10 Å². The van der Waals surface area contributed by atoms with Gasteiger partial charge < -0.3 is 5.73 Å². The summed E-state index contributed by atoms with van der Waals surface area (Å²) in [4.78, 5) is 0. The first-order chi connectivity index (χ1) is 8.25. The van der Waals surface area contributed by atoms with Gasteiger partial charge in [-0.05, 0) is 43.2 Å². The number of aromatic amines is 1. The average Bonchev–Trinajstić information content (AvgIpc) is 3.05. The zero-order valence-corrected chi connectivity index (χ0v) is 10.0. The van der Waals surface area contributed by atoms with Crippen LogP contribution >= 0.6 is 0 Å². The van der Waals surface area contributed by atoms with Crippen molar-refractivity contribution in [1.29, 1.82) is 0 Å². The molecule has 1 aromatic heterocycles. The van der Waals surface area contributed by atoms with E-state index in [-0.39, 0.29) is 0 Å². The molecule has 0 amide bonds. The fourth-order valence-electron chi connectivity index (χ4n) is 2.31. The Kier molecular flexibility index (Phi) is 2.39. The van der Waals surface area contributed by atoms with Crippen LogP contribution in [0.4, 0.5) is 5.82 Å². The van der Waals surface area contributed by atoms with Crippen LogP contribution in [-0.2, 0) is 6.42 Å². The molecule has 0 spiro atoms. The minimum absolute atomic E-state index is 0.620. The van der Waals surface area contributed by atoms with Gasteiger partial charge >= 0.3 is 0 Å². The topological polar surface area (TPSA) is 54.7 Å². The normalized spacial score (nSPS) is 15.1. The lowest BCUT2D eigenvalue weighted by atomic mass is 9.98. The molecule has 0 radical (unpaired) electrons. The van der Waals surface area contributed by atoms with E-state index in [1.54, 1.807) is 0 Å². The molecule has 1 heterocycles. The Hall–Kier alpha value is -1.77. The van der Waals surface area contributed by atoms with Crippen LogP contribution in [0.5, 0.6) is 0 Å². The van der Waals surface area contributed by atoms with Gasteiger partial charge in [0.2, 0.25) is 0 Å².